The number of aliphatic hydroxyl groups excluding tert-OH is 1. The molecular weight excluding hydrogens is 532 g/mol. The number of piperidine rings is 1. The number of amides is 1. The zero-order valence-electron chi connectivity index (χ0n) is 23.9. The third kappa shape index (κ3) is 4.71. The normalized spacial score (nSPS) is 32.0. The highest BCUT2D eigenvalue weighted by Gasteiger charge is 2.69. The molecule has 3 aliphatic heterocycles. The van der Waals surface area contributed by atoms with Crippen LogP contribution in [0.2, 0.25) is 0 Å². The minimum Gasteiger partial charge on any atom is -0.481 e. The molecule has 0 aromatic heterocycles. The van der Waals surface area contributed by atoms with E-state index in [0.29, 0.717) is 30.7 Å². The summed E-state index contributed by atoms with van der Waals surface area (Å²) in [6.45, 7) is 7.62. The second kappa shape index (κ2) is 11.0. The van der Waals surface area contributed by atoms with Crippen molar-refractivity contribution in [3.63, 3.8) is 0 Å². The van der Waals surface area contributed by atoms with Gasteiger partial charge < -0.3 is 35.1 Å². The number of hydrazine groups is 1. The van der Waals surface area contributed by atoms with Crippen LogP contribution in [-0.4, -0.2) is 82.1 Å². The Morgan fingerprint density at radius 3 is 2.73 bits per heavy atom. The predicted molar refractivity (Wildman–Crippen MR) is 146 cm³/mol. The maximum Gasteiger partial charge on any atom is 0.352 e. The van der Waals surface area contributed by atoms with Gasteiger partial charge in [0.05, 0.1) is 29.7 Å². The molecule has 4 aliphatic rings. The molecule has 0 radical (unpaired) electrons. The summed E-state index contributed by atoms with van der Waals surface area (Å²) in [5, 5.41) is 29.6. The molecular formula is C29H40N4O8. The summed E-state index contributed by atoms with van der Waals surface area (Å²) in [5.41, 5.74) is -0.126. The van der Waals surface area contributed by atoms with E-state index in [4.69, 9.17) is 20.1 Å². The van der Waals surface area contributed by atoms with Gasteiger partial charge in [0.1, 0.15) is 17.6 Å². The lowest BCUT2D eigenvalue weighted by atomic mass is 9.54. The fraction of sp³-hybridized carbons (Fsp3) is 0.621. The van der Waals surface area contributed by atoms with Crippen LogP contribution >= 0.6 is 0 Å². The van der Waals surface area contributed by atoms with Crippen LogP contribution < -0.4 is 21.2 Å². The number of fused-ring (bicyclic) bond motifs is 1. The Labute approximate surface area is 239 Å². The number of hydrogen-bond acceptors (Lipinski definition) is 11. The highest BCUT2D eigenvalue weighted by atomic mass is 16.6. The van der Waals surface area contributed by atoms with Gasteiger partial charge in [0.15, 0.2) is 12.2 Å². The number of aliphatic hydroxyl groups is 2. The number of rotatable bonds is 7. The van der Waals surface area contributed by atoms with Crippen LogP contribution in [0.5, 0.6) is 5.75 Å². The first kappa shape index (κ1) is 29.5. The van der Waals surface area contributed by atoms with Gasteiger partial charge in [-0.05, 0) is 65.1 Å². The number of carbonyl (C=O) groups excluding carboxylic acids is 3. The first-order valence-corrected chi connectivity index (χ1v) is 14.2. The average molecular weight is 573 g/mol. The first-order valence-electron chi connectivity index (χ1n) is 14.2. The molecule has 5 rings (SSSR count). The van der Waals surface area contributed by atoms with E-state index in [0.717, 1.165) is 24.1 Å². The largest absolute Gasteiger partial charge is 0.481 e. The van der Waals surface area contributed by atoms with Gasteiger partial charge in [-0.15, -0.1) is 0 Å². The quantitative estimate of drug-likeness (QED) is 0.223. The van der Waals surface area contributed by atoms with Crippen LogP contribution in [0.3, 0.4) is 0 Å². The third-order valence-electron chi connectivity index (χ3n) is 9.28. The first-order chi connectivity index (χ1) is 19.4. The van der Waals surface area contributed by atoms with Gasteiger partial charge in [-0.25, -0.2) is 14.6 Å². The fourth-order valence-electron chi connectivity index (χ4n) is 6.87. The van der Waals surface area contributed by atoms with Crippen LogP contribution in [0.15, 0.2) is 24.0 Å². The van der Waals surface area contributed by atoms with Crippen molar-refractivity contribution in [2.24, 2.45) is 5.84 Å². The van der Waals surface area contributed by atoms with Crippen LogP contribution in [0.25, 0.3) is 0 Å². The van der Waals surface area contributed by atoms with E-state index >= 15 is 0 Å². The number of esters is 2. The maximum absolute atomic E-state index is 13.2. The van der Waals surface area contributed by atoms with Crippen LogP contribution in [-0.2, 0) is 35.9 Å². The molecule has 2 saturated heterocycles. The molecule has 2 fully saturated rings. The zero-order valence-corrected chi connectivity index (χ0v) is 23.9. The number of hydrogen-bond donors (Lipinski definition) is 5. The predicted octanol–water partition coefficient (Wildman–Crippen LogP) is 0.204. The van der Waals surface area contributed by atoms with Crippen LogP contribution in [0.4, 0.5) is 0 Å². The molecule has 3 heterocycles. The number of nitrogens with one attached hydrogen (secondary N) is 2. The number of benzene rings is 1. The molecule has 224 valence electrons. The molecule has 0 saturated carbocycles. The van der Waals surface area contributed by atoms with Gasteiger partial charge in [0.25, 0.3) is 0 Å². The van der Waals surface area contributed by atoms with Gasteiger partial charge in [-0.1, -0.05) is 12.1 Å². The molecule has 1 spiro atoms. The molecule has 0 bridgehead atoms. The summed E-state index contributed by atoms with van der Waals surface area (Å²) >= 11 is 0. The van der Waals surface area contributed by atoms with E-state index < -0.39 is 47.2 Å². The van der Waals surface area contributed by atoms with E-state index in [-0.39, 0.29) is 30.7 Å². The Hall–Kier alpha value is -3.03. The van der Waals surface area contributed by atoms with Gasteiger partial charge >= 0.3 is 11.9 Å². The molecule has 1 aliphatic carbocycles. The van der Waals surface area contributed by atoms with Crippen molar-refractivity contribution >= 4 is 17.8 Å². The SMILES string of the molecule is Cc1ccc(CO)c2c1[C@]13CCN(N)[C@H](C)[C@]1(O)CC=C(OC(=O)[C@H](C)OC(=O)[C@H](C)NC(=O)[C@@H]1CCCN1)[C@@H]3O2. The Morgan fingerprint density at radius 1 is 1.29 bits per heavy atom. The lowest BCUT2D eigenvalue weighted by Gasteiger charge is -2.58. The van der Waals surface area contributed by atoms with E-state index in [1.54, 1.807) is 17.2 Å². The van der Waals surface area contributed by atoms with Gasteiger partial charge in [-0.2, -0.15) is 0 Å². The molecule has 7 atom stereocenters. The molecule has 0 unspecified atom stereocenters. The van der Waals surface area contributed by atoms with Crippen molar-refractivity contribution < 1.29 is 38.8 Å². The van der Waals surface area contributed by atoms with Crippen molar-refractivity contribution in [3.8, 4) is 5.75 Å². The molecule has 1 aromatic rings. The summed E-state index contributed by atoms with van der Waals surface area (Å²) in [7, 11) is 0. The van der Waals surface area contributed by atoms with Crippen molar-refractivity contribution in [1.29, 1.82) is 0 Å². The minimum absolute atomic E-state index is 0.138. The smallest absolute Gasteiger partial charge is 0.352 e. The third-order valence-corrected chi connectivity index (χ3v) is 9.28. The molecule has 12 nitrogen and oxygen atoms in total. The Morgan fingerprint density at radius 2 is 2.05 bits per heavy atom. The van der Waals surface area contributed by atoms with E-state index in [1.165, 1.54) is 13.8 Å². The van der Waals surface area contributed by atoms with Crippen molar-refractivity contribution in [1.82, 2.24) is 15.6 Å². The fourth-order valence-corrected chi connectivity index (χ4v) is 6.87. The summed E-state index contributed by atoms with van der Waals surface area (Å²) in [4.78, 5) is 38.2. The molecule has 41 heavy (non-hydrogen) atoms. The summed E-state index contributed by atoms with van der Waals surface area (Å²) < 4.78 is 17.6. The molecule has 1 aromatic carbocycles. The molecule has 1 amide bonds. The number of carbonyl (C=O) groups is 3. The van der Waals surface area contributed by atoms with Crippen molar-refractivity contribution in [2.45, 2.75) is 101 Å². The number of aryl methyl sites for hydroxylation is 1. The second-order valence-electron chi connectivity index (χ2n) is 11.7. The summed E-state index contributed by atoms with van der Waals surface area (Å²) in [6.07, 6.45) is 1.62. The standard InChI is InChI=1S/C29H40N4O8/c1-15-7-8-19(14-34)23-22(15)28-11-13-33(30)18(4)29(28,38)10-9-21(24(28)41-23)40-27(37)17(3)39-26(36)16(2)32-25(35)20-6-5-12-31-20/h7-9,16-18,20,24,31,34,38H,5-6,10-14,30H2,1-4H3,(H,32,35)/t16-,17-,18+,20-,24-,28-,29+/m0/s1. The second-order valence-corrected chi connectivity index (χ2v) is 11.7. The van der Waals surface area contributed by atoms with Gasteiger partial charge in [0, 0.05) is 24.1 Å². The summed E-state index contributed by atoms with van der Waals surface area (Å²) in [6, 6.07) is 1.91. The number of nitrogens with zero attached hydrogens (tertiary/aromatic N) is 1. The molecule has 6 N–H and O–H groups in total. The van der Waals surface area contributed by atoms with Crippen LogP contribution in [0.1, 0.15) is 63.1 Å². The highest BCUT2D eigenvalue weighted by Crippen LogP contribution is 2.61. The highest BCUT2D eigenvalue weighted by molar-refractivity contribution is 5.88. The number of ether oxygens (including phenoxy) is 3. The average Bonchev–Trinajstić information content (AvgIpc) is 3.61. The number of nitrogens with two attached hydrogens (primary N) is 1. The van der Waals surface area contributed by atoms with E-state index in [9.17, 15) is 24.6 Å². The monoisotopic (exact) mass is 572 g/mol. The Balaban J connectivity index is 1.36. The lowest BCUT2D eigenvalue weighted by molar-refractivity contribution is -0.174. The van der Waals surface area contributed by atoms with Crippen molar-refractivity contribution in [2.75, 3.05) is 13.1 Å². The van der Waals surface area contributed by atoms with Gasteiger partial charge in [0.2, 0.25) is 5.91 Å². The van der Waals surface area contributed by atoms with Crippen molar-refractivity contribution in [3.05, 3.63) is 40.7 Å². The van der Waals surface area contributed by atoms with Gasteiger partial charge in [-0.3, -0.25) is 10.6 Å². The lowest BCUT2D eigenvalue weighted by Crippen LogP contribution is -2.73. The van der Waals surface area contributed by atoms with E-state index in [1.807, 2.05) is 19.9 Å². The van der Waals surface area contributed by atoms with E-state index in [2.05, 4.69) is 10.6 Å². The maximum atomic E-state index is 13.2. The van der Waals surface area contributed by atoms with Crippen LogP contribution in [0, 0.1) is 6.92 Å². The minimum atomic E-state index is -1.36. The topological polar surface area (TPSA) is 173 Å². The Bertz CT molecular complexity index is 1260. The Kier molecular flexibility index (Phi) is 7.90. The summed E-state index contributed by atoms with van der Waals surface area (Å²) in [5.74, 6) is 5.07. The molecule has 12 heteroatoms. The zero-order chi connectivity index (χ0) is 29.7.